The van der Waals surface area contributed by atoms with Crippen molar-refractivity contribution in [2.75, 3.05) is 6.79 Å². The SMILES string of the molecule is OC1(c2ccc3c(c2)OCO3)CCC(NC2CC3CCC[C@@H]3C2)CC1. The lowest BCUT2D eigenvalue weighted by Gasteiger charge is -2.38. The van der Waals surface area contributed by atoms with Crippen LogP contribution in [-0.2, 0) is 5.60 Å². The lowest BCUT2D eigenvalue weighted by Crippen LogP contribution is -2.43. The fraction of sp³-hybridized carbons (Fsp3) is 0.714. The van der Waals surface area contributed by atoms with E-state index in [9.17, 15) is 5.11 Å². The second-order valence-electron chi connectivity index (χ2n) is 8.66. The van der Waals surface area contributed by atoms with Gasteiger partial charge in [-0.2, -0.15) is 0 Å². The van der Waals surface area contributed by atoms with Gasteiger partial charge in [0.2, 0.25) is 6.79 Å². The molecule has 0 radical (unpaired) electrons. The second-order valence-corrected chi connectivity index (χ2v) is 8.66. The van der Waals surface area contributed by atoms with Crippen molar-refractivity contribution >= 4 is 0 Å². The molecule has 3 aliphatic carbocycles. The zero-order valence-electron chi connectivity index (χ0n) is 14.9. The largest absolute Gasteiger partial charge is 0.454 e. The van der Waals surface area contributed by atoms with Gasteiger partial charge in [-0.05, 0) is 68.1 Å². The van der Waals surface area contributed by atoms with E-state index in [0.717, 1.165) is 60.6 Å². The molecule has 2 N–H and O–H groups in total. The summed E-state index contributed by atoms with van der Waals surface area (Å²) >= 11 is 0. The summed E-state index contributed by atoms with van der Waals surface area (Å²) in [6, 6.07) is 7.18. The molecule has 0 bridgehead atoms. The average Bonchev–Trinajstić information content (AvgIpc) is 3.32. The molecule has 1 aliphatic heterocycles. The molecule has 1 aromatic rings. The number of aliphatic hydroxyl groups is 1. The Labute approximate surface area is 149 Å². The Morgan fingerprint density at radius 2 is 1.64 bits per heavy atom. The van der Waals surface area contributed by atoms with Crippen LogP contribution in [0.5, 0.6) is 11.5 Å². The summed E-state index contributed by atoms with van der Waals surface area (Å²) in [4.78, 5) is 0. The van der Waals surface area contributed by atoms with Crippen LogP contribution in [0.4, 0.5) is 0 Å². The number of fused-ring (bicyclic) bond motifs is 2. The average molecular weight is 343 g/mol. The summed E-state index contributed by atoms with van der Waals surface area (Å²) in [6.45, 7) is 0.284. The number of rotatable bonds is 3. The molecule has 3 saturated carbocycles. The summed E-state index contributed by atoms with van der Waals surface area (Å²) in [5.41, 5.74) is 0.260. The molecule has 3 atom stereocenters. The van der Waals surface area contributed by atoms with Gasteiger partial charge in [-0.1, -0.05) is 25.3 Å². The van der Waals surface area contributed by atoms with Crippen molar-refractivity contribution in [3.63, 3.8) is 0 Å². The third-order valence-corrected chi connectivity index (χ3v) is 7.19. The van der Waals surface area contributed by atoms with Crippen LogP contribution in [0.2, 0.25) is 0 Å². The highest BCUT2D eigenvalue weighted by Gasteiger charge is 2.40. The van der Waals surface area contributed by atoms with Gasteiger partial charge >= 0.3 is 0 Å². The number of benzene rings is 1. The maximum atomic E-state index is 11.2. The minimum Gasteiger partial charge on any atom is -0.454 e. The maximum Gasteiger partial charge on any atom is 0.231 e. The van der Waals surface area contributed by atoms with Crippen molar-refractivity contribution < 1.29 is 14.6 Å². The van der Waals surface area contributed by atoms with Gasteiger partial charge in [-0.25, -0.2) is 0 Å². The van der Waals surface area contributed by atoms with E-state index in [-0.39, 0.29) is 6.79 Å². The van der Waals surface area contributed by atoms with E-state index < -0.39 is 5.60 Å². The molecule has 1 aromatic carbocycles. The zero-order chi connectivity index (χ0) is 16.9. The first-order valence-corrected chi connectivity index (χ1v) is 10.1. The van der Waals surface area contributed by atoms with E-state index in [0.29, 0.717) is 6.04 Å². The van der Waals surface area contributed by atoms with Crippen LogP contribution in [0.15, 0.2) is 18.2 Å². The maximum absolute atomic E-state index is 11.2. The third kappa shape index (κ3) is 2.93. The van der Waals surface area contributed by atoms with Gasteiger partial charge in [0.15, 0.2) is 11.5 Å². The second kappa shape index (κ2) is 6.17. The Bertz CT molecular complexity index is 626. The molecule has 3 fully saturated rings. The molecule has 4 nitrogen and oxygen atoms in total. The van der Waals surface area contributed by atoms with Crippen LogP contribution in [0, 0.1) is 11.8 Å². The van der Waals surface area contributed by atoms with Crippen molar-refractivity contribution in [1.29, 1.82) is 0 Å². The van der Waals surface area contributed by atoms with Gasteiger partial charge in [0.1, 0.15) is 0 Å². The molecular formula is C21H29NO3. The Kier molecular flexibility index (Phi) is 3.94. The molecule has 0 amide bonds. The molecule has 5 rings (SSSR count). The number of hydrogen-bond donors (Lipinski definition) is 2. The lowest BCUT2D eigenvalue weighted by atomic mass is 9.77. The van der Waals surface area contributed by atoms with Gasteiger partial charge in [-0.15, -0.1) is 0 Å². The lowest BCUT2D eigenvalue weighted by molar-refractivity contribution is -0.00953. The Morgan fingerprint density at radius 1 is 0.920 bits per heavy atom. The Morgan fingerprint density at radius 3 is 2.40 bits per heavy atom. The number of ether oxygens (including phenoxy) is 2. The molecule has 0 aromatic heterocycles. The van der Waals surface area contributed by atoms with Crippen molar-refractivity contribution in [3.8, 4) is 11.5 Å². The summed E-state index contributed by atoms with van der Waals surface area (Å²) in [5, 5.41) is 15.1. The summed E-state index contributed by atoms with van der Waals surface area (Å²) < 4.78 is 10.9. The van der Waals surface area contributed by atoms with E-state index in [2.05, 4.69) is 5.32 Å². The molecule has 0 saturated heterocycles. The predicted octanol–water partition coefficient (Wildman–Crippen LogP) is 3.71. The molecule has 2 unspecified atom stereocenters. The summed E-state index contributed by atoms with van der Waals surface area (Å²) in [7, 11) is 0. The van der Waals surface area contributed by atoms with Crippen LogP contribution < -0.4 is 14.8 Å². The first-order valence-electron chi connectivity index (χ1n) is 10.1. The Balaban J connectivity index is 1.19. The van der Waals surface area contributed by atoms with E-state index in [1.54, 1.807) is 0 Å². The van der Waals surface area contributed by atoms with Crippen LogP contribution in [0.3, 0.4) is 0 Å². The number of hydrogen-bond acceptors (Lipinski definition) is 4. The smallest absolute Gasteiger partial charge is 0.231 e. The highest BCUT2D eigenvalue weighted by molar-refractivity contribution is 5.46. The highest BCUT2D eigenvalue weighted by atomic mass is 16.7. The molecular weight excluding hydrogens is 314 g/mol. The van der Waals surface area contributed by atoms with Crippen molar-refractivity contribution in [2.45, 2.75) is 75.5 Å². The zero-order valence-corrected chi connectivity index (χ0v) is 14.9. The quantitative estimate of drug-likeness (QED) is 0.878. The van der Waals surface area contributed by atoms with Gasteiger partial charge in [0.05, 0.1) is 5.60 Å². The van der Waals surface area contributed by atoms with E-state index in [1.807, 2.05) is 18.2 Å². The van der Waals surface area contributed by atoms with E-state index >= 15 is 0 Å². The topological polar surface area (TPSA) is 50.7 Å². The van der Waals surface area contributed by atoms with Crippen molar-refractivity contribution in [3.05, 3.63) is 23.8 Å². The first-order chi connectivity index (χ1) is 12.2. The van der Waals surface area contributed by atoms with Gasteiger partial charge in [0.25, 0.3) is 0 Å². The minimum absolute atomic E-state index is 0.284. The van der Waals surface area contributed by atoms with Gasteiger partial charge in [0, 0.05) is 12.1 Å². The molecule has 4 heteroatoms. The van der Waals surface area contributed by atoms with Crippen LogP contribution in [-0.4, -0.2) is 24.0 Å². The molecule has 25 heavy (non-hydrogen) atoms. The Hall–Kier alpha value is -1.26. The van der Waals surface area contributed by atoms with Gasteiger partial charge in [-0.3, -0.25) is 0 Å². The monoisotopic (exact) mass is 343 g/mol. The summed E-state index contributed by atoms with van der Waals surface area (Å²) in [5.74, 6) is 3.54. The summed E-state index contributed by atoms with van der Waals surface area (Å²) in [6.07, 6.45) is 10.9. The molecule has 0 spiro atoms. The van der Waals surface area contributed by atoms with Crippen molar-refractivity contribution in [1.82, 2.24) is 5.32 Å². The number of nitrogens with one attached hydrogen (secondary N) is 1. The van der Waals surface area contributed by atoms with Crippen molar-refractivity contribution in [2.24, 2.45) is 11.8 Å². The van der Waals surface area contributed by atoms with E-state index in [4.69, 9.17) is 9.47 Å². The van der Waals surface area contributed by atoms with Crippen LogP contribution in [0.1, 0.15) is 63.4 Å². The van der Waals surface area contributed by atoms with E-state index in [1.165, 1.54) is 32.1 Å². The predicted molar refractivity (Wildman–Crippen MR) is 95.7 cm³/mol. The third-order valence-electron chi connectivity index (χ3n) is 7.19. The van der Waals surface area contributed by atoms with Gasteiger partial charge < -0.3 is 19.9 Å². The fourth-order valence-electron chi connectivity index (χ4n) is 5.77. The minimum atomic E-state index is -0.717. The first kappa shape index (κ1) is 16.0. The molecule has 1 heterocycles. The van der Waals surface area contributed by atoms with Crippen LogP contribution >= 0.6 is 0 Å². The van der Waals surface area contributed by atoms with Crippen LogP contribution in [0.25, 0.3) is 0 Å². The molecule has 4 aliphatic rings. The standard InChI is InChI=1S/C21H29NO3/c23-21(16-4-5-19-20(12-16)25-13-24-19)8-6-17(7-9-21)22-18-10-14-2-1-3-15(14)11-18/h4-5,12,14-15,17-18,22-23H,1-3,6-11,13H2/t14-,15?,17?,18?,21?/m1/s1. The molecule has 136 valence electrons. The highest BCUT2D eigenvalue weighted by Crippen LogP contribution is 2.45. The normalized spacial score (nSPS) is 39.6. The fourth-order valence-corrected chi connectivity index (χ4v) is 5.77.